The molecule has 0 aromatic carbocycles. The molecule has 0 aromatic rings. The number of aliphatic hydroxyl groups excluding tert-OH is 1. The van der Waals surface area contributed by atoms with Crippen molar-refractivity contribution in [1.29, 1.82) is 0 Å². The second-order valence-electron chi connectivity index (χ2n) is 27.9. The van der Waals surface area contributed by atoms with Crippen LogP contribution in [0, 0.1) is 23.7 Å². The van der Waals surface area contributed by atoms with E-state index in [0.717, 1.165) is 114 Å². The van der Waals surface area contributed by atoms with Gasteiger partial charge in [0.05, 0.1) is 26.4 Å². The first-order valence-electron chi connectivity index (χ1n) is 37.2. The zero-order chi connectivity index (χ0) is 67.5. The summed E-state index contributed by atoms with van der Waals surface area (Å²) in [5.41, 5.74) is 0. The van der Waals surface area contributed by atoms with E-state index in [0.29, 0.717) is 31.6 Å². The minimum Gasteiger partial charge on any atom is -0.462 e. The van der Waals surface area contributed by atoms with E-state index in [1.165, 1.54) is 154 Å². The summed E-state index contributed by atoms with van der Waals surface area (Å²) in [6.07, 6.45) is 44.6. The van der Waals surface area contributed by atoms with E-state index < -0.39 is 97.5 Å². The van der Waals surface area contributed by atoms with Crippen molar-refractivity contribution in [2.75, 3.05) is 39.6 Å². The molecule has 0 aromatic heterocycles. The zero-order valence-corrected chi connectivity index (χ0v) is 61.3. The van der Waals surface area contributed by atoms with Gasteiger partial charge in [-0.25, -0.2) is 9.13 Å². The lowest BCUT2D eigenvalue weighted by Crippen LogP contribution is -2.30. The predicted molar refractivity (Wildman–Crippen MR) is 367 cm³/mol. The van der Waals surface area contributed by atoms with Crippen LogP contribution in [0.25, 0.3) is 0 Å². The molecule has 0 fully saturated rings. The Morgan fingerprint density at radius 1 is 0.275 bits per heavy atom. The minimum atomic E-state index is -4.95. The van der Waals surface area contributed by atoms with E-state index in [-0.39, 0.29) is 25.7 Å². The largest absolute Gasteiger partial charge is 0.472 e. The molecule has 0 bridgehead atoms. The van der Waals surface area contributed by atoms with Gasteiger partial charge in [0.2, 0.25) is 0 Å². The molecule has 0 amide bonds. The molecule has 0 radical (unpaired) electrons. The number of esters is 4. The first kappa shape index (κ1) is 89.1. The summed E-state index contributed by atoms with van der Waals surface area (Å²) in [7, 11) is -9.90. The van der Waals surface area contributed by atoms with Gasteiger partial charge in [0, 0.05) is 25.7 Å². The number of rotatable bonds is 69. The highest BCUT2D eigenvalue weighted by Crippen LogP contribution is 2.45. The topological polar surface area (TPSA) is 237 Å². The third-order valence-electron chi connectivity index (χ3n) is 16.6. The fraction of sp³-hybridized carbons (Fsp3) is 0.944. The van der Waals surface area contributed by atoms with Crippen LogP contribution in [0.4, 0.5) is 0 Å². The normalized spacial score (nSPS) is 14.2. The summed E-state index contributed by atoms with van der Waals surface area (Å²) in [5.74, 6) is 0.833. The molecule has 0 aliphatic rings. The second kappa shape index (κ2) is 61.6. The van der Waals surface area contributed by atoms with Gasteiger partial charge in [-0.1, -0.05) is 306 Å². The molecule has 0 saturated heterocycles. The Bertz CT molecular complexity index is 1800. The Hall–Kier alpha value is -1.94. The lowest BCUT2D eigenvalue weighted by Gasteiger charge is -2.21. The first-order valence-corrected chi connectivity index (χ1v) is 40.2. The monoisotopic (exact) mass is 1340 g/mol. The molecular weight excluding hydrogens is 1200 g/mol. The van der Waals surface area contributed by atoms with Gasteiger partial charge in [0.15, 0.2) is 12.2 Å². The Morgan fingerprint density at radius 2 is 0.462 bits per heavy atom. The van der Waals surface area contributed by atoms with Crippen molar-refractivity contribution >= 4 is 39.5 Å². The minimum absolute atomic E-state index is 0.104. The maximum atomic E-state index is 13.0. The number of hydrogen-bond donors (Lipinski definition) is 3. The molecule has 17 nitrogen and oxygen atoms in total. The van der Waals surface area contributed by atoms with Crippen molar-refractivity contribution in [2.45, 2.75) is 375 Å². The molecular formula is C72H140O17P2. The van der Waals surface area contributed by atoms with Crippen LogP contribution in [0.15, 0.2) is 0 Å². The molecule has 0 rings (SSSR count). The smallest absolute Gasteiger partial charge is 0.462 e. The van der Waals surface area contributed by atoms with Crippen molar-refractivity contribution in [3.8, 4) is 0 Å². The highest BCUT2D eigenvalue weighted by Gasteiger charge is 2.30. The third-order valence-corrected chi connectivity index (χ3v) is 18.5. The Balaban J connectivity index is 5.23. The summed E-state index contributed by atoms with van der Waals surface area (Å²) in [6, 6.07) is 0. The van der Waals surface area contributed by atoms with E-state index in [9.17, 15) is 43.2 Å². The summed E-state index contributed by atoms with van der Waals surface area (Å²) < 4.78 is 68.3. The number of carbonyl (C=O) groups excluding carboxylic acids is 4. The lowest BCUT2D eigenvalue weighted by atomic mass is 10.0. The number of phosphoric acid groups is 2. The molecule has 0 saturated carbocycles. The Labute approximate surface area is 556 Å². The molecule has 0 spiro atoms. The summed E-state index contributed by atoms with van der Waals surface area (Å²) in [5, 5.41) is 10.6. The van der Waals surface area contributed by atoms with Gasteiger partial charge in [-0.3, -0.25) is 37.3 Å². The SMILES string of the molecule is CC(C)CCCCCCCCCCCCCCCCCC(=O)O[C@H](COC(=O)CCCCCCCCCCCC(C)C)COP(=O)(O)OC[C@@H](O)COP(=O)(O)OC[C@@H](COC(=O)CCCCCCCCC(C)C)OC(=O)CCCCCCCCCCCC(C)C. The van der Waals surface area contributed by atoms with Gasteiger partial charge >= 0.3 is 39.5 Å². The number of unbranched alkanes of at least 4 members (excludes halogenated alkanes) is 35. The van der Waals surface area contributed by atoms with Crippen molar-refractivity contribution in [3.05, 3.63) is 0 Å². The molecule has 5 atom stereocenters. The average molecular weight is 1340 g/mol. The van der Waals surface area contributed by atoms with E-state index in [1.54, 1.807) is 0 Å². The summed E-state index contributed by atoms with van der Waals surface area (Å²) in [6.45, 7) is 14.1. The summed E-state index contributed by atoms with van der Waals surface area (Å²) in [4.78, 5) is 72.6. The molecule has 540 valence electrons. The molecule has 19 heteroatoms. The fourth-order valence-electron chi connectivity index (χ4n) is 10.8. The van der Waals surface area contributed by atoms with Crippen LogP contribution in [-0.4, -0.2) is 96.7 Å². The highest BCUT2D eigenvalue weighted by atomic mass is 31.2. The standard InChI is InChI=1S/C72H140O17P2/c1-62(2)48-40-32-24-18-14-12-10-9-11-13-15-21-28-38-46-54-71(76)88-67(58-82-69(74)52-44-36-27-22-16-19-25-33-41-49-63(3)4)60-86-90(78,79)84-56-66(73)57-85-91(80,81)87-61-68(59-83-70(75)53-45-37-31-30-35-43-51-65(7)8)89-72(77)55-47-39-29-23-17-20-26-34-42-50-64(5)6/h62-68,73H,9-61H2,1-8H3,(H,78,79)(H,80,81)/t66-,67-,68-/m1/s1. The number of hydrogen-bond acceptors (Lipinski definition) is 15. The third kappa shape index (κ3) is 66.5. The van der Waals surface area contributed by atoms with Gasteiger partial charge < -0.3 is 33.8 Å². The van der Waals surface area contributed by atoms with Gasteiger partial charge in [-0.15, -0.1) is 0 Å². The van der Waals surface area contributed by atoms with Crippen LogP contribution in [0.1, 0.15) is 357 Å². The van der Waals surface area contributed by atoms with Gasteiger partial charge in [-0.2, -0.15) is 0 Å². The quantitative estimate of drug-likeness (QED) is 0.0222. The molecule has 3 N–H and O–H groups in total. The highest BCUT2D eigenvalue weighted by molar-refractivity contribution is 7.47. The summed E-state index contributed by atoms with van der Waals surface area (Å²) >= 11 is 0. The maximum Gasteiger partial charge on any atom is 0.472 e. The number of carbonyl (C=O) groups is 4. The maximum absolute atomic E-state index is 13.0. The predicted octanol–water partition coefficient (Wildman–Crippen LogP) is 20.5. The molecule has 0 aliphatic carbocycles. The number of phosphoric ester groups is 2. The van der Waals surface area contributed by atoms with E-state index in [1.807, 2.05) is 0 Å². The van der Waals surface area contributed by atoms with Gasteiger partial charge in [-0.05, 0) is 49.4 Å². The number of ether oxygens (including phenoxy) is 4. The average Bonchev–Trinajstić information content (AvgIpc) is 3.60. The van der Waals surface area contributed by atoms with Gasteiger partial charge in [0.1, 0.15) is 19.3 Å². The van der Waals surface area contributed by atoms with Crippen LogP contribution >= 0.6 is 15.6 Å². The zero-order valence-electron chi connectivity index (χ0n) is 59.5. The molecule has 2 unspecified atom stereocenters. The van der Waals surface area contributed by atoms with Crippen LogP contribution in [-0.2, 0) is 65.4 Å². The van der Waals surface area contributed by atoms with E-state index in [2.05, 4.69) is 55.4 Å². The van der Waals surface area contributed by atoms with Gasteiger partial charge in [0.25, 0.3) is 0 Å². The lowest BCUT2D eigenvalue weighted by molar-refractivity contribution is -0.161. The number of aliphatic hydroxyl groups is 1. The molecule has 0 heterocycles. The van der Waals surface area contributed by atoms with Crippen LogP contribution < -0.4 is 0 Å². The molecule has 91 heavy (non-hydrogen) atoms. The van der Waals surface area contributed by atoms with E-state index >= 15 is 0 Å². The van der Waals surface area contributed by atoms with Crippen LogP contribution in [0.3, 0.4) is 0 Å². The molecule has 0 aliphatic heterocycles. The first-order chi connectivity index (χ1) is 43.6. The second-order valence-corrected chi connectivity index (χ2v) is 30.8. The Kier molecular flexibility index (Phi) is 60.3. The van der Waals surface area contributed by atoms with Crippen molar-refractivity contribution in [1.82, 2.24) is 0 Å². The fourth-order valence-corrected chi connectivity index (χ4v) is 12.4. The van der Waals surface area contributed by atoms with Crippen molar-refractivity contribution < 1.29 is 80.2 Å². The van der Waals surface area contributed by atoms with Crippen molar-refractivity contribution in [2.24, 2.45) is 23.7 Å². The van der Waals surface area contributed by atoms with Crippen LogP contribution in [0.5, 0.6) is 0 Å². The van der Waals surface area contributed by atoms with Crippen LogP contribution in [0.2, 0.25) is 0 Å². The van der Waals surface area contributed by atoms with E-state index in [4.69, 9.17) is 37.0 Å². The Morgan fingerprint density at radius 3 is 0.681 bits per heavy atom. The van der Waals surface area contributed by atoms with Crippen molar-refractivity contribution in [3.63, 3.8) is 0 Å².